The van der Waals surface area contributed by atoms with Crippen LogP contribution in [-0.2, 0) is 14.8 Å². The molecule has 0 spiro atoms. The summed E-state index contributed by atoms with van der Waals surface area (Å²) in [4.78, 5) is 11.6. The van der Waals surface area contributed by atoms with Crippen LogP contribution in [0.25, 0.3) is 0 Å². The number of halogens is 1. The first kappa shape index (κ1) is 19.9. The van der Waals surface area contributed by atoms with E-state index in [4.69, 9.17) is 4.74 Å². The lowest BCUT2D eigenvalue weighted by atomic mass is 10.1. The second kappa shape index (κ2) is 8.29. The van der Waals surface area contributed by atoms with Crippen LogP contribution in [0.2, 0.25) is 0 Å². The zero-order valence-corrected chi connectivity index (χ0v) is 15.6. The van der Waals surface area contributed by atoms with Gasteiger partial charge in [0.15, 0.2) is 0 Å². The smallest absolute Gasteiger partial charge is 0.241 e. The summed E-state index contributed by atoms with van der Waals surface area (Å²) in [7, 11) is -2.43. The van der Waals surface area contributed by atoms with Crippen LogP contribution in [0.4, 0.5) is 10.1 Å². The third-order valence-electron chi connectivity index (χ3n) is 3.78. The number of benzene rings is 2. The van der Waals surface area contributed by atoms with E-state index in [-0.39, 0.29) is 22.9 Å². The van der Waals surface area contributed by atoms with Gasteiger partial charge < -0.3 is 10.1 Å². The van der Waals surface area contributed by atoms with E-state index in [0.29, 0.717) is 11.3 Å². The maximum atomic E-state index is 13.0. The molecule has 0 unspecified atom stereocenters. The molecular formula is C18H21FN2O4S. The molecule has 2 aromatic carbocycles. The van der Waals surface area contributed by atoms with Gasteiger partial charge in [-0.1, -0.05) is 19.1 Å². The largest absolute Gasteiger partial charge is 0.495 e. The van der Waals surface area contributed by atoms with Crippen molar-refractivity contribution in [1.29, 1.82) is 0 Å². The number of rotatable bonds is 7. The molecule has 26 heavy (non-hydrogen) atoms. The summed E-state index contributed by atoms with van der Waals surface area (Å²) in [6.45, 7) is 3.35. The zero-order valence-electron chi connectivity index (χ0n) is 14.7. The molecule has 0 bridgehead atoms. The summed E-state index contributed by atoms with van der Waals surface area (Å²) in [5.74, 6) is -0.293. The molecular weight excluding hydrogens is 359 g/mol. The number of amides is 1. The van der Waals surface area contributed by atoms with Crippen LogP contribution in [0.3, 0.4) is 0 Å². The van der Waals surface area contributed by atoms with Crippen LogP contribution in [0.15, 0.2) is 47.4 Å². The lowest BCUT2D eigenvalue weighted by Crippen LogP contribution is -2.27. The van der Waals surface area contributed by atoms with Gasteiger partial charge in [0, 0.05) is 12.5 Å². The van der Waals surface area contributed by atoms with Crippen molar-refractivity contribution >= 4 is 21.6 Å². The molecule has 0 saturated heterocycles. The summed E-state index contributed by atoms with van der Waals surface area (Å²) in [5, 5.41) is 2.62. The molecule has 1 amide bonds. The van der Waals surface area contributed by atoms with Crippen molar-refractivity contribution in [2.75, 3.05) is 12.4 Å². The normalized spacial score (nSPS) is 12.5. The molecule has 2 N–H and O–H groups in total. The molecule has 6 nitrogen and oxygen atoms in total. The number of methoxy groups -OCH3 is 1. The van der Waals surface area contributed by atoms with E-state index in [0.717, 1.165) is 0 Å². The summed E-state index contributed by atoms with van der Waals surface area (Å²) < 4.78 is 46.0. The number of carbonyl (C=O) groups excluding carboxylic acids is 1. The molecule has 0 aromatic heterocycles. The van der Waals surface area contributed by atoms with E-state index in [1.165, 1.54) is 49.6 Å². The number of sulfonamides is 1. The summed E-state index contributed by atoms with van der Waals surface area (Å²) in [5.41, 5.74) is 0.902. The maximum Gasteiger partial charge on any atom is 0.241 e. The molecule has 140 valence electrons. The standard InChI is InChI=1S/C18H21FN2O4S/c1-4-18(22)20-16-11-15(9-10-17(16)25-3)26(23,24)21-12(2)13-5-7-14(19)8-6-13/h5-12,21H,4H2,1-3H3,(H,20,22)/t12-/m1/s1. The van der Waals surface area contributed by atoms with Crippen molar-refractivity contribution in [2.24, 2.45) is 0 Å². The molecule has 0 aliphatic heterocycles. The van der Waals surface area contributed by atoms with E-state index in [1.54, 1.807) is 13.8 Å². The van der Waals surface area contributed by atoms with E-state index in [9.17, 15) is 17.6 Å². The molecule has 2 aromatic rings. The SMILES string of the molecule is CCC(=O)Nc1cc(S(=O)(=O)N[C@H](C)c2ccc(F)cc2)ccc1OC. The highest BCUT2D eigenvalue weighted by Gasteiger charge is 2.20. The minimum atomic E-state index is -3.86. The van der Waals surface area contributed by atoms with Crippen LogP contribution < -0.4 is 14.8 Å². The van der Waals surface area contributed by atoms with Crippen molar-refractivity contribution in [3.05, 3.63) is 53.8 Å². The molecule has 0 aliphatic rings. The molecule has 2 rings (SSSR count). The van der Waals surface area contributed by atoms with Gasteiger partial charge in [0.25, 0.3) is 0 Å². The fourth-order valence-corrected chi connectivity index (χ4v) is 3.57. The average molecular weight is 380 g/mol. The van der Waals surface area contributed by atoms with Crippen LogP contribution >= 0.6 is 0 Å². The Labute approximate surface area is 152 Å². The predicted octanol–water partition coefficient (Wildman–Crippen LogP) is 3.22. The minimum absolute atomic E-state index is 0.0151. The number of ether oxygens (including phenoxy) is 1. The lowest BCUT2D eigenvalue weighted by molar-refractivity contribution is -0.115. The van der Waals surface area contributed by atoms with Crippen molar-refractivity contribution in [3.8, 4) is 5.75 Å². The first-order chi connectivity index (χ1) is 12.3. The highest BCUT2D eigenvalue weighted by molar-refractivity contribution is 7.89. The Hall–Kier alpha value is -2.45. The van der Waals surface area contributed by atoms with Crippen molar-refractivity contribution in [1.82, 2.24) is 4.72 Å². The number of anilines is 1. The van der Waals surface area contributed by atoms with E-state index >= 15 is 0 Å². The molecule has 8 heteroatoms. The van der Waals surface area contributed by atoms with Crippen LogP contribution in [0, 0.1) is 5.82 Å². The number of hydrogen-bond donors (Lipinski definition) is 2. The monoisotopic (exact) mass is 380 g/mol. The Bertz CT molecular complexity index is 883. The topological polar surface area (TPSA) is 84.5 Å². The summed E-state index contributed by atoms with van der Waals surface area (Å²) in [6.07, 6.45) is 0.250. The van der Waals surface area contributed by atoms with E-state index in [1.807, 2.05) is 0 Å². The summed E-state index contributed by atoms with van der Waals surface area (Å²) >= 11 is 0. The average Bonchev–Trinajstić information content (AvgIpc) is 2.61. The highest BCUT2D eigenvalue weighted by Crippen LogP contribution is 2.28. The molecule has 0 saturated carbocycles. The maximum absolute atomic E-state index is 13.0. The third-order valence-corrected chi connectivity index (χ3v) is 5.32. The predicted molar refractivity (Wildman–Crippen MR) is 97.1 cm³/mol. The fourth-order valence-electron chi connectivity index (χ4n) is 2.31. The van der Waals surface area contributed by atoms with Gasteiger partial charge in [0.1, 0.15) is 11.6 Å². The number of carbonyl (C=O) groups is 1. The van der Waals surface area contributed by atoms with E-state index < -0.39 is 21.9 Å². The first-order valence-corrected chi connectivity index (χ1v) is 9.50. The van der Waals surface area contributed by atoms with E-state index in [2.05, 4.69) is 10.0 Å². The van der Waals surface area contributed by atoms with Gasteiger partial charge in [-0.15, -0.1) is 0 Å². The molecule has 0 aliphatic carbocycles. The van der Waals surface area contributed by atoms with Gasteiger partial charge in [0.05, 0.1) is 17.7 Å². The highest BCUT2D eigenvalue weighted by atomic mass is 32.2. The Kier molecular flexibility index (Phi) is 6.33. The number of hydrogen-bond acceptors (Lipinski definition) is 4. The van der Waals surface area contributed by atoms with Gasteiger partial charge in [-0.2, -0.15) is 0 Å². The van der Waals surface area contributed by atoms with Crippen LogP contribution in [-0.4, -0.2) is 21.4 Å². The Morgan fingerprint density at radius 2 is 1.85 bits per heavy atom. The second-order valence-corrected chi connectivity index (χ2v) is 7.37. The lowest BCUT2D eigenvalue weighted by Gasteiger charge is -2.16. The second-order valence-electron chi connectivity index (χ2n) is 5.66. The molecule has 1 atom stereocenters. The molecule has 0 radical (unpaired) electrons. The zero-order chi connectivity index (χ0) is 19.3. The third kappa shape index (κ3) is 4.80. The van der Waals surface area contributed by atoms with Crippen molar-refractivity contribution in [2.45, 2.75) is 31.2 Å². The van der Waals surface area contributed by atoms with Crippen LogP contribution in [0.5, 0.6) is 5.75 Å². The Morgan fingerprint density at radius 3 is 2.42 bits per heavy atom. The summed E-state index contributed by atoms with van der Waals surface area (Å²) in [6, 6.07) is 9.22. The Balaban J connectivity index is 2.28. The number of nitrogens with one attached hydrogen (secondary N) is 2. The van der Waals surface area contributed by atoms with Gasteiger partial charge in [-0.3, -0.25) is 4.79 Å². The minimum Gasteiger partial charge on any atom is -0.495 e. The van der Waals surface area contributed by atoms with Gasteiger partial charge in [0.2, 0.25) is 15.9 Å². The fraction of sp³-hybridized carbons (Fsp3) is 0.278. The van der Waals surface area contributed by atoms with Gasteiger partial charge in [-0.25, -0.2) is 17.5 Å². The van der Waals surface area contributed by atoms with Gasteiger partial charge >= 0.3 is 0 Å². The quantitative estimate of drug-likeness (QED) is 0.772. The Morgan fingerprint density at radius 1 is 1.19 bits per heavy atom. The van der Waals surface area contributed by atoms with Crippen LogP contribution in [0.1, 0.15) is 31.9 Å². The van der Waals surface area contributed by atoms with Crippen molar-refractivity contribution < 1.29 is 22.3 Å². The molecule has 0 heterocycles. The first-order valence-electron chi connectivity index (χ1n) is 8.02. The van der Waals surface area contributed by atoms with Gasteiger partial charge in [-0.05, 0) is 42.8 Å². The van der Waals surface area contributed by atoms with Crippen molar-refractivity contribution in [3.63, 3.8) is 0 Å². The molecule has 0 fully saturated rings.